The molecule has 0 heterocycles. The van der Waals surface area contributed by atoms with E-state index >= 15 is 0 Å². The molecule has 10 heteroatoms. The second-order valence-corrected chi connectivity index (χ2v) is 10.9. The fourth-order valence-electron chi connectivity index (χ4n) is 3.81. The van der Waals surface area contributed by atoms with Gasteiger partial charge in [-0.25, -0.2) is 8.42 Å². The van der Waals surface area contributed by atoms with E-state index in [2.05, 4.69) is 0 Å². The highest BCUT2D eigenvalue weighted by molar-refractivity contribution is 7.93. The summed E-state index contributed by atoms with van der Waals surface area (Å²) >= 11 is 6.25. The number of carbonyl (C=O) groups is 1. The van der Waals surface area contributed by atoms with Gasteiger partial charge in [-0.1, -0.05) is 48.0 Å². The van der Waals surface area contributed by atoms with Crippen LogP contribution in [0.4, 0.5) is 5.69 Å². The summed E-state index contributed by atoms with van der Waals surface area (Å²) in [6, 6.07) is 19.0. The highest BCUT2D eigenvalue weighted by atomic mass is 35.5. The highest BCUT2D eigenvalue weighted by Gasteiger charge is 2.27. The molecule has 0 saturated heterocycles. The first-order valence-corrected chi connectivity index (χ1v) is 13.6. The molecule has 5 N–H and O–H groups in total. The van der Waals surface area contributed by atoms with E-state index < -0.39 is 15.9 Å². The lowest BCUT2D eigenvalue weighted by Crippen LogP contribution is -2.32. The van der Waals surface area contributed by atoms with Crippen LogP contribution in [0.25, 0.3) is 0 Å². The topological polar surface area (TPSA) is 140 Å². The molecule has 0 aliphatic carbocycles. The SMILES string of the molecule is Cc1cc(OCCc2ccc(C(=N)N)cc2)cc(N(CCCCC(N)=O)S(=O)(=O)c2ccccc2Cl)c1. The quantitative estimate of drug-likeness (QED) is 0.167. The summed E-state index contributed by atoms with van der Waals surface area (Å²) in [6.45, 7) is 2.38. The van der Waals surface area contributed by atoms with Gasteiger partial charge >= 0.3 is 0 Å². The van der Waals surface area contributed by atoms with Crippen molar-refractivity contribution in [2.24, 2.45) is 11.5 Å². The molecule has 0 saturated carbocycles. The maximum atomic E-state index is 13.7. The van der Waals surface area contributed by atoms with Gasteiger partial charge in [0.1, 0.15) is 16.5 Å². The number of hydrogen-bond donors (Lipinski definition) is 3. The molecule has 37 heavy (non-hydrogen) atoms. The van der Waals surface area contributed by atoms with Crippen molar-refractivity contribution < 1.29 is 17.9 Å². The smallest absolute Gasteiger partial charge is 0.265 e. The van der Waals surface area contributed by atoms with E-state index in [-0.39, 0.29) is 28.7 Å². The van der Waals surface area contributed by atoms with E-state index in [1.807, 2.05) is 25.1 Å². The van der Waals surface area contributed by atoms with Crippen LogP contribution in [-0.2, 0) is 21.2 Å². The van der Waals surface area contributed by atoms with Crippen LogP contribution >= 0.6 is 11.6 Å². The first-order valence-electron chi connectivity index (χ1n) is 11.8. The zero-order valence-corrected chi connectivity index (χ0v) is 22.2. The summed E-state index contributed by atoms with van der Waals surface area (Å²) in [6.07, 6.45) is 1.69. The van der Waals surface area contributed by atoms with E-state index in [4.69, 9.17) is 33.2 Å². The summed E-state index contributed by atoms with van der Waals surface area (Å²) in [5.41, 5.74) is 13.7. The maximum Gasteiger partial charge on any atom is 0.265 e. The predicted molar refractivity (Wildman–Crippen MR) is 147 cm³/mol. The predicted octanol–water partition coefficient (Wildman–Crippen LogP) is 4.40. The molecule has 0 unspecified atom stereocenters. The van der Waals surface area contributed by atoms with E-state index in [1.165, 1.54) is 16.4 Å². The molecule has 1 amide bonds. The minimum Gasteiger partial charge on any atom is -0.493 e. The summed E-state index contributed by atoms with van der Waals surface area (Å²) in [4.78, 5) is 11.2. The fourth-order valence-corrected chi connectivity index (χ4v) is 5.79. The average Bonchev–Trinajstić information content (AvgIpc) is 2.83. The number of amides is 1. The van der Waals surface area contributed by atoms with Crippen LogP contribution in [0.3, 0.4) is 0 Å². The molecule has 0 aliphatic heterocycles. The second kappa shape index (κ2) is 12.6. The van der Waals surface area contributed by atoms with Crippen LogP contribution < -0.4 is 20.5 Å². The molecule has 0 aromatic heterocycles. The van der Waals surface area contributed by atoms with E-state index in [0.29, 0.717) is 42.9 Å². The van der Waals surface area contributed by atoms with Gasteiger partial charge < -0.3 is 16.2 Å². The van der Waals surface area contributed by atoms with Gasteiger partial charge in [-0.05, 0) is 55.2 Å². The lowest BCUT2D eigenvalue weighted by molar-refractivity contribution is -0.118. The number of rotatable bonds is 13. The average molecular weight is 543 g/mol. The van der Waals surface area contributed by atoms with Crippen LogP contribution in [0.2, 0.25) is 5.02 Å². The van der Waals surface area contributed by atoms with Crippen molar-refractivity contribution in [2.45, 2.75) is 37.5 Å². The van der Waals surface area contributed by atoms with Gasteiger partial charge in [-0.2, -0.15) is 0 Å². The van der Waals surface area contributed by atoms with Gasteiger partial charge in [0.15, 0.2) is 0 Å². The molecule has 8 nitrogen and oxygen atoms in total. The van der Waals surface area contributed by atoms with Crippen LogP contribution in [0.5, 0.6) is 5.75 Å². The zero-order valence-electron chi connectivity index (χ0n) is 20.6. The van der Waals surface area contributed by atoms with Crippen molar-refractivity contribution in [3.63, 3.8) is 0 Å². The molecule has 0 aliphatic rings. The number of anilines is 1. The maximum absolute atomic E-state index is 13.7. The number of unbranched alkanes of at least 4 members (excludes halogenated alkanes) is 1. The normalized spacial score (nSPS) is 11.2. The summed E-state index contributed by atoms with van der Waals surface area (Å²) in [5, 5.41) is 7.62. The highest BCUT2D eigenvalue weighted by Crippen LogP contribution is 2.32. The number of sulfonamides is 1. The van der Waals surface area contributed by atoms with E-state index in [1.54, 1.807) is 36.4 Å². The third-order valence-electron chi connectivity index (χ3n) is 5.69. The zero-order chi connectivity index (χ0) is 27.0. The molecule has 0 fully saturated rings. The van der Waals surface area contributed by atoms with Gasteiger partial charge in [0.05, 0.1) is 17.3 Å². The first kappa shape index (κ1) is 28.0. The Morgan fingerprint density at radius 2 is 1.73 bits per heavy atom. The molecule has 0 spiro atoms. The standard InChI is InChI=1S/C27H31ClN4O4S/c1-19-16-22(18-23(17-19)36-15-13-20-9-11-21(12-10-20)27(30)31)32(14-5-4-8-26(29)33)37(34,35)25-7-3-2-6-24(25)28/h2-3,6-7,9-12,16-18H,4-5,8,13-15H2,1H3,(H2,29,33)(H3,30,31). The number of nitrogens with zero attached hydrogens (tertiary/aromatic N) is 1. The number of carbonyl (C=O) groups excluding carboxylic acids is 1. The Kier molecular flexibility index (Phi) is 9.54. The Labute approximate surface area is 222 Å². The van der Waals surface area contributed by atoms with Crippen molar-refractivity contribution in [1.82, 2.24) is 0 Å². The van der Waals surface area contributed by atoms with Crippen molar-refractivity contribution in [1.29, 1.82) is 5.41 Å². The first-order chi connectivity index (χ1) is 17.6. The van der Waals surface area contributed by atoms with Crippen LogP contribution in [0.15, 0.2) is 71.6 Å². The minimum absolute atomic E-state index is 0.00421. The number of nitrogen functional groups attached to an aromatic ring is 1. The van der Waals surface area contributed by atoms with Crippen molar-refractivity contribution in [3.05, 3.63) is 88.4 Å². The molecule has 0 radical (unpaired) electrons. The number of halogens is 1. The van der Waals surface area contributed by atoms with E-state index in [0.717, 1.165) is 11.1 Å². The Hall–Kier alpha value is -3.56. The van der Waals surface area contributed by atoms with Gasteiger partial charge in [0, 0.05) is 31.0 Å². The van der Waals surface area contributed by atoms with Crippen LogP contribution in [0.1, 0.15) is 36.0 Å². The number of amidine groups is 1. The third kappa shape index (κ3) is 7.71. The Balaban J connectivity index is 1.83. The number of benzene rings is 3. The summed E-state index contributed by atoms with van der Waals surface area (Å²) in [5.74, 6) is 0.121. The number of ether oxygens (including phenoxy) is 1. The lowest BCUT2D eigenvalue weighted by Gasteiger charge is -2.26. The van der Waals surface area contributed by atoms with Gasteiger partial charge in [-0.15, -0.1) is 0 Å². The molecular weight excluding hydrogens is 512 g/mol. The van der Waals surface area contributed by atoms with Gasteiger partial charge in [-0.3, -0.25) is 14.5 Å². The second-order valence-electron chi connectivity index (χ2n) is 8.64. The fraction of sp³-hybridized carbons (Fsp3) is 0.259. The minimum atomic E-state index is -3.99. The Morgan fingerprint density at radius 3 is 2.38 bits per heavy atom. The van der Waals surface area contributed by atoms with Crippen LogP contribution in [-0.4, -0.2) is 33.3 Å². The number of primary amides is 1. The number of nitrogens with two attached hydrogens (primary N) is 2. The van der Waals surface area contributed by atoms with Crippen LogP contribution in [0, 0.1) is 12.3 Å². The molecule has 3 aromatic carbocycles. The lowest BCUT2D eigenvalue weighted by atomic mass is 10.1. The number of nitrogens with one attached hydrogen (secondary N) is 1. The monoisotopic (exact) mass is 542 g/mol. The molecular formula is C27H31ClN4O4S. The Morgan fingerprint density at radius 1 is 1.03 bits per heavy atom. The van der Waals surface area contributed by atoms with Crippen molar-refractivity contribution in [3.8, 4) is 5.75 Å². The van der Waals surface area contributed by atoms with Crippen molar-refractivity contribution >= 4 is 39.1 Å². The van der Waals surface area contributed by atoms with Gasteiger partial charge in [0.25, 0.3) is 10.0 Å². The molecule has 0 atom stereocenters. The summed E-state index contributed by atoms with van der Waals surface area (Å²) < 4.78 is 34.6. The molecule has 3 rings (SSSR count). The largest absolute Gasteiger partial charge is 0.493 e. The molecule has 3 aromatic rings. The summed E-state index contributed by atoms with van der Waals surface area (Å²) in [7, 11) is -3.99. The van der Waals surface area contributed by atoms with Crippen molar-refractivity contribution in [2.75, 3.05) is 17.5 Å². The number of hydrogen-bond acceptors (Lipinski definition) is 5. The Bertz CT molecular complexity index is 1360. The van der Waals surface area contributed by atoms with Gasteiger partial charge in [0.2, 0.25) is 5.91 Å². The van der Waals surface area contributed by atoms with E-state index in [9.17, 15) is 13.2 Å². The molecule has 196 valence electrons. The number of aryl methyl sites for hydroxylation is 1. The molecule has 0 bridgehead atoms. The third-order valence-corrected chi connectivity index (χ3v) is 8.01.